The number of aryl methyl sites for hydroxylation is 2. The summed E-state index contributed by atoms with van der Waals surface area (Å²) in [6.45, 7) is 5.35. The maximum atomic E-state index is 13.9. The average molecular weight is 284 g/mol. The van der Waals surface area contributed by atoms with Crippen LogP contribution in [0.4, 0.5) is 4.39 Å². The Morgan fingerprint density at radius 1 is 1.10 bits per heavy atom. The molecule has 0 spiro atoms. The third-order valence-electron chi connectivity index (χ3n) is 3.49. The highest BCUT2D eigenvalue weighted by Gasteiger charge is 2.10. The normalized spacial score (nSPS) is 11.5. The summed E-state index contributed by atoms with van der Waals surface area (Å²) in [7, 11) is 0. The van der Waals surface area contributed by atoms with Crippen molar-refractivity contribution >= 4 is 12.0 Å². The summed E-state index contributed by atoms with van der Waals surface area (Å²) in [5.74, 6) is -1.20. The van der Waals surface area contributed by atoms with Gasteiger partial charge in [0, 0.05) is 11.1 Å². The quantitative estimate of drug-likeness (QED) is 0.836. The molecule has 0 amide bonds. The minimum Gasteiger partial charge on any atom is -0.478 e. The SMILES string of the molecule is CC(=Cc1cc(C)c(-c2ccccc2F)cc1C)C(=O)O. The monoisotopic (exact) mass is 284 g/mol. The first kappa shape index (κ1) is 15.0. The number of carbonyl (C=O) groups is 1. The summed E-state index contributed by atoms with van der Waals surface area (Å²) in [4.78, 5) is 10.9. The topological polar surface area (TPSA) is 37.3 Å². The molecule has 2 nitrogen and oxygen atoms in total. The average Bonchev–Trinajstić information content (AvgIpc) is 2.43. The van der Waals surface area contributed by atoms with Gasteiger partial charge in [0.2, 0.25) is 0 Å². The van der Waals surface area contributed by atoms with Gasteiger partial charge in [-0.25, -0.2) is 9.18 Å². The fraction of sp³-hybridized carbons (Fsp3) is 0.167. The van der Waals surface area contributed by atoms with Crippen LogP contribution in [0.5, 0.6) is 0 Å². The molecule has 21 heavy (non-hydrogen) atoms. The number of aliphatic carboxylic acids is 1. The number of hydrogen-bond acceptors (Lipinski definition) is 1. The molecular formula is C18H17FO2. The zero-order chi connectivity index (χ0) is 15.6. The van der Waals surface area contributed by atoms with Gasteiger partial charge in [-0.15, -0.1) is 0 Å². The van der Waals surface area contributed by atoms with Gasteiger partial charge in [-0.05, 0) is 55.2 Å². The number of carboxylic acid groups (broad SMARTS) is 1. The van der Waals surface area contributed by atoms with E-state index in [1.807, 2.05) is 26.0 Å². The van der Waals surface area contributed by atoms with Gasteiger partial charge in [0.05, 0.1) is 0 Å². The Morgan fingerprint density at radius 3 is 2.38 bits per heavy atom. The van der Waals surface area contributed by atoms with Gasteiger partial charge in [-0.2, -0.15) is 0 Å². The van der Waals surface area contributed by atoms with Gasteiger partial charge in [0.15, 0.2) is 0 Å². The first-order chi connectivity index (χ1) is 9.90. The van der Waals surface area contributed by atoms with Crippen molar-refractivity contribution in [1.82, 2.24) is 0 Å². The zero-order valence-corrected chi connectivity index (χ0v) is 12.3. The van der Waals surface area contributed by atoms with Gasteiger partial charge >= 0.3 is 5.97 Å². The summed E-state index contributed by atoms with van der Waals surface area (Å²) < 4.78 is 13.9. The van der Waals surface area contributed by atoms with Crippen LogP contribution in [0.1, 0.15) is 23.6 Å². The Labute approximate surface area is 123 Å². The van der Waals surface area contributed by atoms with Crippen LogP contribution >= 0.6 is 0 Å². The Bertz CT molecular complexity index is 730. The molecule has 0 saturated heterocycles. The highest BCUT2D eigenvalue weighted by molar-refractivity contribution is 5.92. The van der Waals surface area contributed by atoms with Crippen molar-refractivity contribution in [3.8, 4) is 11.1 Å². The predicted molar refractivity (Wildman–Crippen MR) is 82.6 cm³/mol. The minimum atomic E-state index is -0.940. The van der Waals surface area contributed by atoms with Crippen LogP contribution in [0.3, 0.4) is 0 Å². The number of carboxylic acids is 1. The molecule has 0 radical (unpaired) electrons. The second-order valence-electron chi connectivity index (χ2n) is 5.14. The molecule has 2 aromatic rings. The third-order valence-corrected chi connectivity index (χ3v) is 3.49. The molecule has 0 aliphatic carbocycles. The fourth-order valence-corrected chi connectivity index (χ4v) is 2.26. The minimum absolute atomic E-state index is 0.259. The van der Waals surface area contributed by atoms with Crippen molar-refractivity contribution in [2.24, 2.45) is 0 Å². The first-order valence-electron chi connectivity index (χ1n) is 6.68. The zero-order valence-electron chi connectivity index (χ0n) is 12.3. The summed E-state index contributed by atoms with van der Waals surface area (Å²) in [5.41, 5.74) is 4.33. The van der Waals surface area contributed by atoms with Gasteiger partial charge in [-0.1, -0.05) is 30.3 Å². The molecule has 0 unspecified atom stereocenters. The lowest BCUT2D eigenvalue weighted by atomic mass is 9.94. The van der Waals surface area contributed by atoms with Crippen LogP contribution < -0.4 is 0 Å². The van der Waals surface area contributed by atoms with E-state index in [4.69, 9.17) is 5.11 Å². The molecule has 0 aromatic heterocycles. The van der Waals surface area contributed by atoms with Crippen molar-refractivity contribution in [3.63, 3.8) is 0 Å². The molecule has 0 atom stereocenters. The third kappa shape index (κ3) is 3.19. The van der Waals surface area contributed by atoms with Crippen molar-refractivity contribution in [2.45, 2.75) is 20.8 Å². The number of rotatable bonds is 3. The van der Waals surface area contributed by atoms with Crippen LogP contribution in [-0.4, -0.2) is 11.1 Å². The fourth-order valence-electron chi connectivity index (χ4n) is 2.26. The molecule has 0 aliphatic rings. The second-order valence-corrected chi connectivity index (χ2v) is 5.14. The van der Waals surface area contributed by atoms with E-state index in [9.17, 15) is 9.18 Å². The number of halogens is 1. The summed E-state index contributed by atoms with van der Waals surface area (Å²) in [6, 6.07) is 10.4. The molecule has 3 heteroatoms. The van der Waals surface area contributed by atoms with Gasteiger partial charge in [-0.3, -0.25) is 0 Å². The van der Waals surface area contributed by atoms with Crippen LogP contribution in [0.2, 0.25) is 0 Å². The Balaban J connectivity index is 2.55. The molecule has 2 rings (SSSR count). The van der Waals surface area contributed by atoms with Crippen LogP contribution in [-0.2, 0) is 4.79 Å². The van der Waals surface area contributed by atoms with Gasteiger partial charge in [0.1, 0.15) is 5.82 Å². The van der Waals surface area contributed by atoms with E-state index in [-0.39, 0.29) is 11.4 Å². The number of hydrogen-bond donors (Lipinski definition) is 1. The van der Waals surface area contributed by atoms with Crippen molar-refractivity contribution in [3.05, 3.63) is 64.5 Å². The maximum absolute atomic E-state index is 13.9. The lowest BCUT2D eigenvalue weighted by molar-refractivity contribution is -0.132. The Morgan fingerprint density at radius 2 is 1.76 bits per heavy atom. The van der Waals surface area contributed by atoms with E-state index in [0.29, 0.717) is 5.56 Å². The summed E-state index contributed by atoms with van der Waals surface area (Å²) in [5, 5.41) is 8.95. The predicted octanol–water partition coefficient (Wildman–Crippen LogP) is 4.60. The molecule has 0 fully saturated rings. The van der Waals surface area contributed by atoms with E-state index in [2.05, 4.69) is 0 Å². The van der Waals surface area contributed by atoms with E-state index in [1.54, 1.807) is 31.2 Å². The van der Waals surface area contributed by atoms with E-state index in [0.717, 1.165) is 22.3 Å². The summed E-state index contributed by atoms with van der Waals surface area (Å²) in [6.07, 6.45) is 1.63. The second kappa shape index (κ2) is 5.92. The molecule has 108 valence electrons. The van der Waals surface area contributed by atoms with Crippen LogP contribution in [0.15, 0.2) is 42.0 Å². The molecule has 0 heterocycles. The molecular weight excluding hydrogens is 267 g/mol. The van der Waals surface area contributed by atoms with Crippen molar-refractivity contribution in [1.29, 1.82) is 0 Å². The maximum Gasteiger partial charge on any atom is 0.331 e. The smallest absolute Gasteiger partial charge is 0.331 e. The van der Waals surface area contributed by atoms with Crippen molar-refractivity contribution in [2.75, 3.05) is 0 Å². The van der Waals surface area contributed by atoms with Gasteiger partial charge in [0.25, 0.3) is 0 Å². The van der Waals surface area contributed by atoms with E-state index in [1.165, 1.54) is 6.07 Å². The van der Waals surface area contributed by atoms with Crippen LogP contribution in [0, 0.1) is 19.7 Å². The molecule has 0 bridgehead atoms. The highest BCUT2D eigenvalue weighted by Crippen LogP contribution is 2.29. The molecule has 1 N–H and O–H groups in total. The molecule has 0 aliphatic heterocycles. The number of benzene rings is 2. The lowest BCUT2D eigenvalue weighted by Gasteiger charge is -2.11. The van der Waals surface area contributed by atoms with Crippen molar-refractivity contribution < 1.29 is 14.3 Å². The standard InChI is InChI=1S/C18H17FO2/c1-11-10-16(15-6-4-5-7-17(15)19)12(2)8-14(11)9-13(3)18(20)21/h4-10H,1-3H3,(H,20,21). The van der Waals surface area contributed by atoms with E-state index >= 15 is 0 Å². The Kier molecular flexibility index (Phi) is 4.22. The summed E-state index contributed by atoms with van der Waals surface area (Å²) >= 11 is 0. The lowest BCUT2D eigenvalue weighted by Crippen LogP contribution is -1.97. The molecule has 2 aromatic carbocycles. The first-order valence-corrected chi connectivity index (χ1v) is 6.68. The highest BCUT2D eigenvalue weighted by atomic mass is 19.1. The molecule has 0 saturated carbocycles. The largest absolute Gasteiger partial charge is 0.478 e. The Hall–Kier alpha value is -2.42. The van der Waals surface area contributed by atoms with E-state index < -0.39 is 5.97 Å². The van der Waals surface area contributed by atoms with Gasteiger partial charge < -0.3 is 5.11 Å². The van der Waals surface area contributed by atoms with Crippen LogP contribution in [0.25, 0.3) is 17.2 Å².